The third-order valence-corrected chi connectivity index (χ3v) is 4.64. The molecule has 94 valence electrons. The van der Waals surface area contributed by atoms with Crippen molar-refractivity contribution < 1.29 is 0 Å². The lowest BCUT2D eigenvalue weighted by Crippen LogP contribution is -2.07. The fraction of sp³-hybridized carbons (Fsp3) is 0.263. The highest BCUT2D eigenvalue weighted by Gasteiger charge is 2.20. The van der Waals surface area contributed by atoms with E-state index in [0.29, 0.717) is 0 Å². The van der Waals surface area contributed by atoms with E-state index in [1.807, 2.05) is 0 Å². The van der Waals surface area contributed by atoms with Gasteiger partial charge in [0, 0.05) is 0 Å². The van der Waals surface area contributed by atoms with Gasteiger partial charge in [-0.25, -0.2) is 0 Å². The molecule has 19 heavy (non-hydrogen) atoms. The minimum absolute atomic E-state index is 1.21. The van der Waals surface area contributed by atoms with E-state index in [2.05, 4.69) is 49.4 Å². The standard InChI is InChI=1S/C19H18/c1-13-5-4-8-17-15(13)11-12-18-16-7-3-2-6-14(16)9-10-19(17)18/h3-5,7-8,11-12H,2,6,9-10H2,1H3. The van der Waals surface area contributed by atoms with Crippen molar-refractivity contribution in [3.8, 4) is 0 Å². The maximum atomic E-state index is 2.35. The van der Waals surface area contributed by atoms with Crippen LogP contribution in [0.15, 0.2) is 48.1 Å². The highest BCUT2D eigenvalue weighted by Crippen LogP contribution is 2.40. The van der Waals surface area contributed by atoms with Crippen molar-refractivity contribution in [3.05, 3.63) is 64.7 Å². The predicted molar refractivity (Wildman–Crippen MR) is 82.3 cm³/mol. The molecule has 0 fully saturated rings. The highest BCUT2D eigenvalue weighted by atomic mass is 14.2. The first-order chi connectivity index (χ1) is 9.34. The fourth-order valence-corrected chi connectivity index (χ4v) is 3.63. The Hall–Kier alpha value is -1.82. The van der Waals surface area contributed by atoms with Crippen LogP contribution >= 0.6 is 0 Å². The molecular formula is C19H18. The van der Waals surface area contributed by atoms with Gasteiger partial charge in [0.1, 0.15) is 0 Å². The smallest absolute Gasteiger partial charge is 0.0143 e. The molecule has 0 amide bonds. The zero-order valence-corrected chi connectivity index (χ0v) is 11.4. The predicted octanol–water partition coefficient (Wildman–Crippen LogP) is 5.20. The number of fused-ring (bicyclic) bond motifs is 4. The quantitative estimate of drug-likeness (QED) is 0.599. The maximum absolute atomic E-state index is 2.35. The Morgan fingerprint density at radius 2 is 1.84 bits per heavy atom. The van der Waals surface area contributed by atoms with Crippen LogP contribution in [-0.2, 0) is 6.42 Å². The van der Waals surface area contributed by atoms with Gasteiger partial charge in [-0.1, -0.05) is 48.1 Å². The average molecular weight is 246 g/mol. The molecule has 0 unspecified atom stereocenters. The second kappa shape index (κ2) is 4.09. The number of aryl methyl sites for hydroxylation is 2. The van der Waals surface area contributed by atoms with Gasteiger partial charge in [-0.2, -0.15) is 0 Å². The molecule has 0 nitrogen and oxygen atoms in total. The van der Waals surface area contributed by atoms with Gasteiger partial charge in [0.2, 0.25) is 0 Å². The highest BCUT2D eigenvalue weighted by molar-refractivity contribution is 5.95. The van der Waals surface area contributed by atoms with Crippen molar-refractivity contribution in [2.75, 3.05) is 0 Å². The van der Waals surface area contributed by atoms with E-state index >= 15 is 0 Å². The Kier molecular flexibility index (Phi) is 2.38. The van der Waals surface area contributed by atoms with Crippen LogP contribution in [0.5, 0.6) is 0 Å². The monoisotopic (exact) mass is 246 g/mol. The molecule has 0 atom stereocenters. The fourth-order valence-electron chi connectivity index (χ4n) is 3.63. The summed E-state index contributed by atoms with van der Waals surface area (Å²) in [6, 6.07) is 11.3. The Morgan fingerprint density at radius 1 is 0.895 bits per heavy atom. The van der Waals surface area contributed by atoms with Crippen LogP contribution in [0.25, 0.3) is 16.3 Å². The maximum Gasteiger partial charge on any atom is -0.0143 e. The summed E-state index contributed by atoms with van der Waals surface area (Å²) in [5.74, 6) is 0. The molecule has 0 saturated heterocycles. The first-order valence-electron chi connectivity index (χ1n) is 7.25. The van der Waals surface area contributed by atoms with E-state index in [1.165, 1.54) is 53.2 Å². The molecule has 0 bridgehead atoms. The van der Waals surface area contributed by atoms with Crippen molar-refractivity contribution in [1.82, 2.24) is 0 Å². The van der Waals surface area contributed by atoms with Crippen molar-refractivity contribution in [1.29, 1.82) is 0 Å². The van der Waals surface area contributed by atoms with Crippen molar-refractivity contribution in [2.24, 2.45) is 0 Å². The molecule has 0 heterocycles. The molecular weight excluding hydrogens is 228 g/mol. The summed E-state index contributed by atoms with van der Waals surface area (Å²) in [5.41, 5.74) is 7.61. The topological polar surface area (TPSA) is 0 Å². The summed E-state index contributed by atoms with van der Waals surface area (Å²) in [6.45, 7) is 2.21. The molecule has 2 aromatic rings. The van der Waals surface area contributed by atoms with Gasteiger partial charge < -0.3 is 0 Å². The molecule has 0 aliphatic heterocycles. The zero-order chi connectivity index (χ0) is 12.8. The average Bonchev–Trinajstić information content (AvgIpc) is 2.47. The summed E-state index contributed by atoms with van der Waals surface area (Å²) in [4.78, 5) is 0. The van der Waals surface area contributed by atoms with Gasteiger partial charge in [-0.15, -0.1) is 0 Å². The van der Waals surface area contributed by atoms with E-state index < -0.39 is 0 Å². The van der Waals surface area contributed by atoms with Crippen molar-refractivity contribution in [3.63, 3.8) is 0 Å². The van der Waals surface area contributed by atoms with Crippen LogP contribution in [0.4, 0.5) is 0 Å². The molecule has 2 aliphatic carbocycles. The number of hydrogen-bond acceptors (Lipinski definition) is 0. The minimum atomic E-state index is 1.21. The van der Waals surface area contributed by atoms with E-state index in [0.717, 1.165) is 0 Å². The zero-order valence-electron chi connectivity index (χ0n) is 11.4. The SMILES string of the molecule is Cc1cccc2c3c(ccc12)C1=C(CCC=C1)CC3. The molecule has 0 N–H and O–H groups in total. The molecule has 2 aliphatic rings. The number of benzene rings is 2. The Labute approximate surface area is 114 Å². The third kappa shape index (κ3) is 1.59. The lowest BCUT2D eigenvalue weighted by molar-refractivity contribution is 0.831. The van der Waals surface area contributed by atoms with E-state index in [-0.39, 0.29) is 0 Å². The van der Waals surface area contributed by atoms with Crippen molar-refractivity contribution >= 4 is 16.3 Å². The van der Waals surface area contributed by atoms with Gasteiger partial charge >= 0.3 is 0 Å². The van der Waals surface area contributed by atoms with Crippen LogP contribution in [0.1, 0.15) is 36.0 Å². The number of allylic oxidation sites excluding steroid dienone is 4. The largest absolute Gasteiger partial charge is 0.0836 e. The van der Waals surface area contributed by atoms with E-state index in [9.17, 15) is 0 Å². The Morgan fingerprint density at radius 3 is 2.79 bits per heavy atom. The van der Waals surface area contributed by atoms with Gasteiger partial charge in [0.25, 0.3) is 0 Å². The van der Waals surface area contributed by atoms with Gasteiger partial charge in [-0.3, -0.25) is 0 Å². The summed E-state index contributed by atoms with van der Waals surface area (Å²) < 4.78 is 0. The van der Waals surface area contributed by atoms with Crippen LogP contribution in [-0.4, -0.2) is 0 Å². The number of hydrogen-bond donors (Lipinski definition) is 0. The normalized spacial score (nSPS) is 17.5. The summed E-state index contributed by atoms with van der Waals surface area (Å²) >= 11 is 0. The number of rotatable bonds is 0. The molecule has 4 rings (SSSR count). The molecule has 2 aromatic carbocycles. The molecule has 0 saturated carbocycles. The summed E-state index contributed by atoms with van der Waals surface area (Å²) in [7, 11) is 0. The van der Waals surface area contributed by atoms with Crippen LogP contribution in [0.3, 0.4) is 0 Å². The van der Waals surface area contributed by atoms with Crippen molar-refractivity contribution in [2.45, 2.75) is 32.6 Å². The minimum Gasteiger partial charge on any atom is -0.0836 e. The van der Waals surface area contributed by atoms with Gasteiger partial charge in [0.15, 0.2) is 0 Å². The van der Waals surface area contributed by atoms with E-state index in [1.54, 1.807) is 11.1 Å². The molecule has 0 aromatic heterocycles. The summed E-state index contributed by atoms with van der Waals surface area (Å²) in [6.07, 6.45) is 9.62. The van der Waals surface area contributed by atoms with E-state index in [4.69, 9.17) is 0 Å². The Bertz CT molecular complexity index is 729. The lowest BCUT2D eigenvalue weighted by atomic mass is 9.79. The van der Waals surface area contributed by atoms with Gasteiger partial charge in [0.05, 0.1) is 0 Å². The first kappa shape index (κ1) is 11.0. The second-order valence-electron chi connectivity index (χ2n) is 5.72. The Balaban J connectivity index is 2.04. The second-order valence-corrected chi connectivity index (χ2v) is 5.72. The van der Waals surface area contributed by atoms with Gasteiger partial charge in [-0.05, 0) is 65.6 Å². The molecule has 0 spiro atoms. The third-order valence-electron chi connectivity index (χ3n) is 4.64. The first-order valence-corrected chi connectivity index (χ1v) is 7.25. The molecule has 0 radical (unpaired) electrons. The summed E-state index contributed by atoms with van der Waals surface area (Å²) in [5, 5.41) is 2.88. The van der Waals surface area contributed by atoms with Crippen LogP contribution < -0.4 is 0 Å². The molecule has 0 heteroatoms. The lowest BCUT2D eigenvalue weighted by Gasteiger charge is -2.25. The van der Waals surface area contributed by atoms with Crippen LogP contribution in [0.2, 0.25) is 0 Å². The van der Waals surface area contributed by atoms with Crippen LogP contribution in [0, 0.1) is 6.92 Å².